The van der Waals surface area contributed by atoms with Gasteiger partial charge in [0, 0.05) is 24.7 Å². The van der Waals surface area contributed by atoms with Gasteiger partial charge >= 0.3 is 0 Å². The number of hydrogen-bond acceptors (Lipinski definition) is 2. The fraction of sp³-hybridized carbons (Fsp3) is 0.625. The van der Waals surface area contributed by atoms with E-state index in [1.54, 1.807) is 19.2 Å². The van der Waals surface area contributed by atoms with E-state index in [0.29, 0.717) is 6.61 Å². The number of halogens is 2. The highest BCUT2D eigenvalue weighted by Crippen LogP contribution is 2.33. The zero-order chi connectivity index (χ0) is 15.0. The van der Waals surface area contributed by atoms with Crippen molar-refractivity contribution in [1.29, 1.82) is 0 Å². The average Bonchev–Trinajstić information content (AvgIpc) is 2.46. The Hall–Kier alpha value is -0.450. The van der Waals surface area contributed by atoms with E-state index in [9.17, 15) is 4.39 Å². The van der Waals surface area contributed by atoms with Crippen molar-refractivity contribution < 1.29 is 9.13 Å². The van der Waals surface area contributed by atoms with Crippen LogP contribution in [0.15, 0.2) is 22.7 Å². The van der Waals surface area contributed by atoms with E-state index < -0.39 is 0 Å². The molecule has 0 unspecified atom stereocenters. The lowest BCUT2D eigenvalue weighted by molar-refractivity contribution is 0.185. The van der Waals surface area contributed by atoms with Crippen LogP contribution in [0.3, 0.4) is 0 Å². The molecule has 0 saturated carbocycles. The van der Waals surface area contributed by atoms with E-state index in [1.807, 2.05) is 0 Å². The molecular formula is C16H25BrFNO. The Balaban J connectivity index is 2.76. The molecule has 1 aromatic rings. The summed E-state index contributed by atoms with van der Waals surface area (Å²) in [7, 11) is 1.71. The van der Waals surface area contributed by atoms with Gasteiger partial charge in [0.25, 0.3) is 0 Å². The second-order valence-corrected chi connectivity index (χ2v) is 6.14. The number of rotatable bonds is 9. The van der Waals surface area contributed by atoms with E-state index in [-0.39, 0.29) is 11.2 Å². The third-order valence-corrected chi connectivity index (χ3v) is 4.83. The highest BCUT2D eigenvalue weighted by molar-refractivity contribution is 9.10. The molecule has 114 valence electrons. The Morgan fingerprint density at radius 2 is 2.00 bits per heavy atom. The van der Waals surface area contributed by atoms with Crippen LogP contribution in [0, 0.1) is 11.2 Å². The molecule has 0 aliphatic rings. The van der Waals surface area contributed by atoms with Crippen LogP contribution >= 0.6 is 15.9 Å². The SMILES string of the molecule is CCC(CC)(CNCCOC)Cc1cc(F)ccc1Br. The summed E-state index contributed by atoms with van der Waals surface area (Å²) in [4.78, 5) is 0. The number of nitrogens with one attached hydrogen (secondary N) is 1. The van der Waals surface area contributed by atoms with E-state index in [1.165, 1.54) is 6.07 Å². The van der Waals surface area contributed by atoms with Crippen molar-refractivity contribution in [3.05, 3.63) is 34.1 Å². The number of methoxy groups -OCH3 is 1. The standard InChI is InChI=1S/C16H25BrFNO/c1-4-16(5-2,12-19-8-9-20-3)11-13-10-14(18)6-7-15(13)17/h6-7,10,19H,4-5,8-9,11-12H2,1-3H3. The monoisotopic (exact) mass is 345 g/mol. The molecule has 4 heteroatoms. The molecule has 0 radical (unpaired) electrons. The van der Waals surface area contributed by atoms with Crippen molar-refractivity contribution in [3.63, 3.8) is 0 Å². The quantitative estimate of drug-likeness (QED) is 0.678. The maximum atomic E-state index is 13.4. The highest BCUT2D eigenvalue weighted by atomic mass is 79.9. The van der Waals surface area contributed by atoms with Gasteiger partial charge in [0.1, 0.15) is 5.82 Å². The smallest absolute Gasteiger partial charge is 0.123 e. The largest absolute Gasteiger partial charge is 0.383 e. The van der Waals surface area contributed by atoms with Crippen molar-refractivity contribution in [2.45, 2.75) is 33.1 Å². The highest BCUT2D eigenvalue weighted by Gasteiger charge is 2.27. The topological polar surface area (TPSA) is 21.3 Å². The average molecular weight is 346 g/mol. The lowest BCUT2D eigenvalue weighted by Gasteiger charge is -2.32. The van der Waals surface area contributed by atoms with Crippen molar-refractivity contribution in [2.75, 3.05) is 26.8 Å². The molecule has 0 bridgehead atoms. The van der Waals surface area contributed by atoms with Gasteiger partial charge in [0.15, 0.2) is 0 Å². The summed E-state index contributed by atoms with van der Waals surface area (Å²) in [6.45, 7) is 6.89. The van der Waals surface area contributed by atoms with Crippen molar-refractivity contribution in [1.82, 2.24) is 5.32 Å². The Morgan fingerprint density at radius 1 is 1.30 bits per heavy atom. The van der Waals surface area contributed by atoms with Crippen molar-refractivity contribution in [2.24, 2.45) is 5.41 Å². The lowest BCUT2D eigenvalue weighted by atomic mass is 9.77. The van der Waals surface area contributed by atoms with Crippen molar-refractivity contribution in [3.8, 4) is 0 Å². The lowest BCUT2D eigenvalue weighted by Crippen LogP contribution is -2.36. The molecule has 1 aromatic carbocycles. The number of hydrogen-bond donors (Lipinski definition) is 1. The van der Waals surface area contributed by atoms with Gasteiger partial charge in [-0.15, -0.1) is 0 Å². The van der Waals surface area contributed by atoms with Crippen LogP contribution < -0.4 is 5.32 Å². The van der Waals surface area contributed by atoms with E-state index in [0.717, 1.165) is 42.4 Å². The molecular weight excluding hydrogens is 321 g/mol. The molecule has 0 spiro atoms. The molecule has 0 fully saturated rings. The Bertz CT molecular complexity index is 407. The zero-order valence-electron chi connectivity index (χ0n) is 12.6. The number of ether oxygens (including phenoxy) is 1. The van der Waals surface area contributed by atoms with E-state index in [2.05, 4.69) is 35.1 Å². The number of benzene rings is 1. The first-order valence-corrected chi connectivity index (χ1v) is 8.00. The second-order valence-electron chi connectivity index (χ2n) is 5.29. The van der Waals surface area contributed by atoms with Gasteiger partial charge in [-0.3, -0.25) is 0 Å². The first kappa shape index (κ1) is 17.6. The second kappa shape index (κ2) is 8.75. The normalized spacial score (nSPS) is 11.8. The summed E-state index contributed by atoms with van der Waals surface area (Å²) in [5, 5.41) is 3.45. The molecule has 0 aliphatic carbocycles. The van der Waals surface area contributed by atoms with Gasteiger partial charge in [0.2, 0.25) is 0 Å². The fourth-order valence-corrected chi connectivity index (χ4v) is 2.81. The Kier molecular flexibility index (Phi) is 7.70. The molecule has 0 heterocycles. The van der Waals surface area contributed by atoms with Gasteiger partial charge < -0.3 is 10.1 Å². The van der Waals surface area contributed by atoms with E-state index in [4.69, 9.17) is 4.74 Å². The van der Waals surface area contributed by atoms with Gasteiger partial charge in [-0.2, -0.15) is 0 Å². The van der Waals surface area contributed by atoms with Crippen LogP contribution in [0.2, 0.25) is 0 Å². The third kappa shape index (κ3) is 5.15. The molecule has 0 aromatic heterocycles. The third-order valence-electron chi connectivity index (χ3n) is 4.06. The predicted molar refractivity (Wildman–Crippen MR) is 85.6 cm³/mol. The summed E-state index contributed by atoms with van der Waals surface area (Å²) in [6.07, 6.45) is 3.00. The van der Waals surface area contributed by atoms with Gasteiger partial charge in [-0.25, -0.2) is 4.39 Å². The summed E-state index contributed by atoms with van der Waals surface area (Å²) in [5.74, 6) is -0.170. The van der Waals surface area contributed by atoms with Crippen LogP contribution in [-0.2, 0) is 11.2 Å². The van der Waals surface area contributed by atoms with Crippen LogP contribution in [0.1, 0.15) is 32.3 Å². The zero-order valence-corrected chi connectivity index (χ0v) is 14.2. The van der Waals surface area contributed by atoms with Crippen LogP contribution in [-0.4, -0.2) is 26.8 Å². The first-order chi connectivity index (χ1) is 9.56. The van der Waals surface area contributed by atoms with Gasteiger partial charge in [0.05, 0.1) is 6.61 Å². The summed E-state index contributed by atoms with van der Waals surface area (Å²) >= 11 is 3.53. The predicted octanol–water partition coefficient (Wildman–Crippen LogP) is 4.17. The summed E-state index contributed by atoms with van der Waals surface area (Å²) < 4.78 is 19.5. The first-order valence-electron chi connectivity index (χ1n) is 7.20. The summed E-state index contributed by atoms with van der Waals surface area (Å²) in [6, 6.07) is 4.92. The minimum absolute atomic E-state index is 0.157. The van der Waals surface area contributed by atoms with Crippen LogP contribution in [0.25, 0.3) is 0 Å². The molecule has 0 atom stereocenters. The molecule has 1 N–H and O–H groups in total. The van der Waals surface area contributed by atoms with Gasteiger partial charge in [-0.05, 0) is 48.4 Å². The van der Waals surface area contributed by atoms with Crippen molar-refractivity contribution >= 4 is 15.9 Å². The molecule has 1 rings (SSSR count). The summed E-state index contributed by atoms with van der Waals surface area (Å²) in [5.41, 5.74) is 1.20. The molecule has 0 aliphatic heterocycles. The Morgan fingerprint density at radius 3 is 2.60 bits per heavy atom. The van der Waals surface area contributed by atoms with E-state index >= 15 is 0 Å². The maximum absolute atomic E-state index is 13.4. The van der Waals surface area contributed by atoms with Crippen LogP contribution in [0.5, 0.6) is 0 Å². The minimum Gasteiger partial charge on any atom is -0.383 e. The van der Waals surface area contributed by atoms with Crippen LogP contribution in [0.4, 0.5) is 4.39 Å². The fourth-order valence-electron chi connectivity index (χ4n) is 2.42. The Labute approximate surface area is 130 Å². The minimum atomic E-state index is -0.170. The molecule has 20 heavy (non-hydrogen) atoms. The van der Waals surface area contributed by atoms with Gasteiger partial charge in [-0.1, -0.05) is 29.8 Å². The molecule has 0 amide bonds. The molecule has 0 saturated heterocycles. The maximum Gasteiger partial charge on any atom is 0.123 e. The molecule has 2 nitrogen and oxygen atoms in total.